The van der Waals surface area contributed by atoms with Crippen LogP contribution in [0.25, 0.3) is 0 Å². The highest BCUT2D eigenvalue weighted by atomic mass is 16.5. The van der Waals surface area contributed by atoms with Crippen LogP contribution < -0.4 is 25.4 Å². The Morgan fingerprint density at radius 1 is 0.725 bits per heavy atom. The number of amides is 3. The Kier molecular flexibility index (Phi) is 11.1. The van der Waals surface area contributed by atoms with Crippen molar-refractivity contribution in [1.82, 2.24) is 5.32 Å². The molecule has 10 heteroatoms. The maximum absolute atomic E-state index is 12.6. The minimum atomic E-state index is -0.827. The minimum absolute atomic E-state index is 0.0423. The number of esters is 1. The van der Waals surface area contributed by atoms with Crippen LogP contribution in [0, 0.1) is 0 Å². The summed E-state index contributed by atoms with van der Waals surface area (Å²) in [5, 5.41) is 8.24. The molecule has 3 aromatic rings. The summed E-state index contributed by atoms with van der Waals surface area (Å²) in [7, 11) is 4.16. The van der Waals surface area contributed by atoms with Crippen molar-refractivity contribution in [3.63, 3.8) is 0 Å². The van der Waals surface area contributed by atoms with Crippen LogP contribution in [0.5, 0.6) is 11.5 Å². The van der Waals surface area contributed by atoms with Crippen LogP contribution in [-0.4, -0.2) is 51.1 Å². The highest BCUT2D eigenvalue weighted by Gasteiger charge is 2.22. The Balaban J connectivity index is 1.56. The molecule has 0 aliphatic heterocycles. The number of carbonyl (C=O) groups is 4. The van der Waals surface area contributed by atoms with Gasteiger partial charge in [-0.05, 0) is 24.1 Å². The molecule has 0 radical (unpaired) electrons. The predicted molar refractivity (Wildman–Crippen MR) is 151 cm³/mol. The second-order valence-electron chi connectivity index (χ2n) is 8.81. The van der Waals surface area contributed by atoms with E-state index in [9.17, 15) is 19.2 Å². The summed E-state index contributed by atoms with van der Waals surface area (Å²) >= 11 is 0. The molecule has 3 aromatic carbocycles. The van der Waals surface area contributed by atoms with Crippen molar-refractivity contribution in [2.24, 2.45) is 0 Å². The standard InChI is InChI=1S/C30H33N3O7/c1-38-25-19-23(33-29(36)21-13-8-5-9-14-21)26(39-2)18-22(25)31-27(34)15-10-16-28(35)32-24(30(37)40-3)17-20-11-6-4-7-12-20/h4-9,11-14,18-19,24H,10,15-17H2,1-3H3,(H,31,34)(H,32,35)(H,33,36). The number of hydrogen-bond acceptors (Lipinski definition) is 7. The van der Waals surface area contributed by atoms with E-state index in [1.165, 1.54) is 21.3 Å². The Morgan fingerprint density at radius 2 is 1.27 bits per heavy atom. The van der Waals surface area contributed by atoms with E-state index in [0.29, 0.717) is 34.9 Å². The molecule has 0 aliphatic rings. The molecule has 1 unspecified atom stereocenters. The van der Waals surface area contributed by atoms with Crippen LogP contribution >= 0.6 is 0 Å². The van der Waals surface area contributed by atoms with E-state index in [4.69, 9.17) is 14.2 Å². The largest absolute Gasteiger partial charge is 0.494 e. The first-order valence-corrected chi connectivity index (χ1v) is 12.7. The molecule has 3 amide bonds. The number of carbonyl (C=O) groups excluding carboxylic acids is 4. The highest BCUT2D eigenvalue weighted by molar-refractivity contribution is 6.05. The zero-order chi connectivity index (χ0) is 28.9. The van der Waals surface area contributed by atoms with Gasteiger partial charge in [-0.1, -0.05) is 48.5 Å². The van der Waals surface area contributed by atoms with Gasteiger partial charge in [0.1, 0.15) is 17.5 Å². The fourth-order valence-electron chi connectivity index (χ4n) is 3.95. The summed E-state index contributed by atoms with van der Waals surface area (Å²) in [6, 6.07) is 20.3. The fourth-order valence-corrected chi connectivity index (χ4v) is 3.95. The van der Waals surface area contributed by atoms with Crippen LogP contribution in [0.3, 0.4) is 0 Å². The normalized spacial score (nSPS) is 11.1. The zero-order valence-electron chi connectivity index (χ0n) is 22.7. The summed E-state index contributed by atoms with van der Waals surface area (Å²) in [6.45, 7) is 0. The van der Waals surface area contributed by atoms with Gasteiger partial charge in [0.15, 0.2) is 0 Å². The monoisotopic (exact) mass is 547 g/mol. The van der Waals surface area contributed by atoms with Gasteiger partial charge < -0.3 is 30.2 Å². The van der Waals surface area contributed by atoms with Crippen molar-refractivity contribution in [3.8, 4) is 11.5 Å². The molecule has 40 heavy (non-hydrogen) atoms. The lowest BCUT2D eigenvalue weighted by Gasteiger charge is -2.17. The zero-order valence-corrected chi connectivity index (χ0v) is 22.7. The lowest BCUT2D eigenvalue weighted by molar-refractivity contribution is -0.145. The molecule has 3 rings (SSSR count). The number of benzene rings is 3. The fraction of sp³-hybridized carbons (Fsp3) is 0.267. The lowest BCUT2D eigenvalue weighted by Crippen LogP contribution is -2.43. The number of anilines is 2. The van der Waals surface area contributed by atoms with E-state index in [2.05, 4.69) is 16.0 Å². The van der Waals surface area contributed by atoms with E-state index in [-0.39, 0.29) is 37.0 Å². The lowest BCUT2D eigenvalue weighted by atomic mass is 10.1. The SMILES string of the molecule is COC(=O)C(Cc1ccccc1)NC(=O)CCCC(=O)Nc1cc(OC)c(NC(=O)c2ccccc2)cc1OC. The second-order valence-corrected chi connectivity index (χ2v) is 8.81. The average molecular weight is 548 g/mol. The first-order chi connectivity index (χ1) is 19.3. The quantitative estimate of drug-likeness (QED) is 0.276. The first-order valence-electron chi connectivity index (χ1n) is 12.7. The topological polar surface area (TPSA) is 132 Å². The number of ether oxygens (including phenoxy) is 3. The molecule has 0 aromatic heterocycles. The van der Waals surface area contributed by atoms with Crippen LogP contribution in [0.4, 0.5) is 11.4 Å². The molecule has 0 aliphatic carbocycles. The van der Waals surface area contributed by atoms with E-state index in [1.807, 2.05) is 36.4 Å². The van der Waals surface area contributed by atoms with Crippen LogP contribution in [-0.2, 0) is 25.5 Å². The summed E-state index contributed by atoms with van der Waals surface area (Å²) in [4.78, 5) is 49.9. The van der Waals surface area contributed by atoms with Gasteiger partial charge in [-0.15, -0.1) is 0 Å². The van der Waals surface area contributed by atoms with E-state index in [0.717, 1.165) is 5.56 Å². The predicted octanol–water partition coefficient (Wildman–Crippen LogP) is 3.97. The number of nitrogens with one attached hydrogen (secondary N) is 3. The van der Waals surface area contributed by atoms with Gasteiger partial charge in [-0.25, -0.2) is 4.79 Å². The summed E-state index contributed by atoms with van der Waals surface area (Å²) in [5.74, 6) is -0.933. The van der Waals surface area contributed by atoms with E-state index in [1.54, 1.807) is 36.4 Å². The minimum Gasteiger partial charge on any atom is -0.494 e. The molecule has 3 N–H and O–H groups in total. The van der Waals surface area contributed by atoms with Gasteiger partial charge in [-0.2, -0.15) is 0 Å². The maximum atomic E-state index is 12.6. The number of hydrogen-bond donors (Lipinski definition) is 3. The molecule has 0 spiro atoms. The second kappa shape index (κ2) is 14.9. The number of rotatable bonds is 13. The van der Waals surface area contributed by atoms with Gasteiger partial charge in [-0.3, -0.25) is 14.4 Å². The van der Waals surface area contributed by atoms with Gasteiger partial charge in [0.25, 0.3) is 5.91 Å². The highest BCUT2D eigenvalue weighted by Crippen LogP contribution is 2.36. The van der Waals surface area contributed by atoms with Crippen molar-refractivity contribution in [3.05, 3.63) is 83.9 Å². The van der Waals surface area contributed by atoms with Gasteiger partial charge in [0, 0.05) is 37.0 Å². The van der Waals surface area contributed by atoms with Crippen molar-refractivity contribution in [2.45, 2.75) is 31.7 Å². The van der Waals surface area contributed by atoms with Crippen molar-refractivity contribution in [2.75, 3.05) is 32.0 Å². The summed E-state index contributed by atoms with van der Waals surface area (Å²) in [6.07, 6.45) is 0.637. The smallest absolute Gasteiger partial charge is 0.328 e. The third-order valence-electron chi connectivity index (χ3n) is 5.99. The Labute approximate surface area is 233 Å². The molecule has 0 bridgehead atoms. The molecular weight excluding hydrogens is 514 g/mol. The van der Waals surface area contributed by atoms with Crippen LogP contribution in [0.2, 0.25) is 0 Å². The van der Waals surface area contributed by atoms with Crippen molar-refractivity contribution in [1.29, 1.82) is 0 Å². The van der Waals surface area contributed by atoms with Crippen LogP contribution in [0.1, 0.15) is 35.2 Å². The molecule has 0 saturated heterocycles. The van der Waals surface area contributed by atoms with Gasteiger partial charge >= 0.3 is 5.97 Å². The summed E-state index contributed by atoms with van der Waals surface area (Å²) < 4.78 is 15.6. The molecule has 210 valence electrons. The third kappa shape index (κ3) is 8.59. The average Bonchev–Trinajstić information content (AvgIpc) is 2.97. The van der Waals surface area contributed by atoms with Crippen LogP contribution in [0.15, 0.2) is 72.8 Å². The third-order valence-corrected chi connectivity index (χ3v) is 5.99. The van der Waals surface area contributed by atoms with Gasteiger partial charge in [0.2, 0.25) is 11.8 Å². The van der Waals surface area contributed by atoms with Crippen molar-refractivity contribution < 1.29 is 33.4 Å². The molecule has 10 nitrogen and oxygen atoms in total. The molecular formula is C30H33N3O7. The Morgan fingerprint density at radius 3 is 1.85 bits per heavy atom. The Hall–Kier alpha value is -4.86. The molecule has 1 atom stereocenters. The van der Waals surface area contributed by atoms with E-state index >= 15 is 0 Å². The Bertz CT molecular complexity index is 1310. The number of methoxy groups -OCH3 is 3. The maximum Gasteiger partial charge on any atom is 0.328 e. The molecule has 0 fully saturated rings. The van der Waals surface area contributed by atoms with Crippen molar-refractivity contribution >= 4 is 35.1 Å². The molecule has 0 saturated carbocycles. The van der Waals surface area contributed by atoms with E-state index < -0.39 is 12.0 Å². The molecule has 0 heterocycles. The summed E-state index contributed by atoms with van der Waals surface area (Å²) in [5.41, 5.74) is 2.08. The van der Waals surface area contributed by atoms with Gasteiger partial charge in [0.05, 0.1) is 32.7 Å². The first kappa shape index (κ1) is 29.7.